The molecule has 0 spiro atoms. The van der Waals surface area contributed by atoms with E-state index in [0.29, 0.717) is 19.8 Å². The highest BCUT2D eigenvalue weighted by Crippen LogP contribution is 2.20. The minimum atomic E-state index is -3.86. The topological polar surface area (TPSA) is 74.6 Å². The Kier molecular flexibility index (Phi) is 5.29. The summed E-state index contributed by atoms with van der Waals surface area (Å²) in [7, 11) is 1.46. The Bertz CT molecular complexity index is 604. The van der Waals surface area contributed by atoms with E-state index < -0.39 is 15.0 Å². The molecule has 1 unspecified atom stereocenters. The minimum Gasteiger partial charge on any atom is -0.461 e. The second-order valence-corrected chi connectivity index (χ2v) is 7.59. The molecule has 1 atom stereocenters. The van der Waals surface area contributed by atoms with Crippen LogP contribution < -0.4 is 0 Å². The maximum Gasteiger partial charge on any atom is 0.354 e. The van der Waals surface area contributed by atoms with Gasteiger partial charge in [-0.05, 0) is 18.9 Å². The quantitative estimate of drug-likeness (QED) is 0.587. The van der Waals surface area contributed by atoms with Gasteiger partial charge in [-0.2, -0.15) is 0 Å². The molecule has 0 aliphatic carbocycles. The van der Waals surface area contributed by atoms with Crippen LogP contribution in [0.2, 0.25) is 0 Å². The van der Waals surface area contributed by atoms with Crippen LogP contribution in [0, 0.1) is 5.92 Å². The molecule has 21 heavy (non-hydrogen) atoms. The number of aryl methyl sites for hydroxylation is 1. The van der Waals surface area contributed by atoms with Crippen LogP contribution >= 0.6 is 10.7 Å². The van der Waals surface area contributed by atoms with Gasteiger partial charge in [-0.15, -0.1) is 0 Å². The fourth-order valence-corrected chi connectivity index (χ4v) is 2.95. The predicted molar refractivity (Wildman–Crippen MR) is 77.0 cm³/mol. The molecular formula is C13H18ClNO5S. The first-order chi connectivity index (χ1) is 9.91. The zero-order valence-electron chi connectivity index (χ0n) is 11.7. The van der Waals surface area contributed by atoms with Crippen molar-refractivity contribution in [3.05, 3.63) is 18.0 Å². The van der Waals surface area contributed by atoms with Crippen LogP contribution in [0.5, 0.6) is 0 Å². The molecule has 2 rings (SSSR count). The van der Waals surface area contributed by atoms with Gasteiger partial charge >= 0.3 is 5.97 Å². The summed E-state index contributed by atoms with van der Waals surface area (Å²) in [6.45, 7) is 4.00. The van der Waals surface area contributed by atoms with Crippen molar-refractivity contribution in [2.45, 2.75) is 31.2 Å². The second kappa shape index (κ2) is 6.81. The number of aromatic nitrogens is 1. The van der Waals surface area contributed by atoms with Crippen molar-refractivity contribution in [2.24, 2.45) is 5.92 Å². The van der Waals surface area contributed by atoms with Crippen LogP contribution in [0.15, 0.2) is 17.2 Å². The first kappa shape index (κ1) is 16.3. The van der Waals surface area contributed by atoms with Crippen LogP contribution in [0.4, 0.5) is 0 Å². The van der Waals surface area contributed by atoms with Gasteiger partial charge in [-0.1, -0.05) is 6.92 Å². The van der Waals surface area contributed by atoms with E-state index in [4.69, 9.17) is 20.2 Å². The third kappa shape index (κ3) is 4.21. The van der Waals surface area contributed by atoms with Gasteiger partial charge in [0.05, 0.1) is 13.2 Å². The molecule has 1 aromatic rings. The van der Waals surface area contributed by atoms with Crippen LogP contribution in [-0.4, -0.2) is 38.8 Å². The molecule has 0 radical (unpaired) electrons. The standard InChI is InChI=1S/C13H18ClNO5S/c1-2-4-15-7-11(21(14,17)18)6-12(15)13(16)20-9-10-3-5-19-8-10/h6-7,10H,2-5,8-9H2,1H3. The number of carbonyl (C=O) groups excluding carboxylic acids is 1. The summed E-state index contributed by atoms with van der Waals surface area (Å²) >= 11 is 0. The Balaban J connectivity index is 2.12. The Morgan fingerprint density at radius 1 is 1.57 bits per heavy atom. The normalized spacial score (nSPS) is 18.9. The molecule has 1 aromatic heterocycles. The Morgan fingerprint density at radius 3 is 2.90 bits per heavy atom. The highest BCUT2D eigenvalue weighted by molar-refractivity contribution is 8.13. The van der Waals surface area contributed by atoms with Gasteiger partial charge in [0, 0.05) is 35.9 Å². The molecule has 0 saturated carbocycles. The summed E-state index contributed by atoms with van der Waals surface area (Å²) < 4.78 is 34.8. The Morgan fingerprint density at radius 2 is 2.33 bits per heavy atom. The number of hydrogen-bond donors (Lipinski definition) is 0. The molecule has 0 aromatic carbocycles. The molecule has 1 aliphatic rings. The summed E-state index contributed by atoms with van der Waals surface area (Å²) in [6.07, 6.45) is 2.98. The Labute approximate surface area is 128 Å². The van der Waals surface area contributed by atoms with E-state index in [2.05, 4.69) is 0 Å². The van der Waals surface area contributed by atoms with E-state index in [9.17, 15) is 13.2 Å². The lowest BCUT2D eigenvalue weighted by Crippen LogP contribution is -2.17. The van der Waals surface area contributed by atoms with Gasteiger partial charge in [0.2, 0.25) is 0 Å². The van der Waals surface area contributed by atoms with Gasteiger partial charge in [0.1, 0.15) is 10.6 Å². The van der Waals surface area contributed by atoms with Crippen LogP contribution in [0.25, 0.3) is 0 Å². The first-order valence-electron chi connectivity index (χ1n) is 6.81. The van der Waals surface area contributed by atoms with Crippen molar-refractivity contribution in [1.82, 2.24) is 4.57 Å². The molecule has 0 N–H and O–H groups in total. The molecule has 8 heteroatoms. The van der Waals surface area contributed by atoms with E-state index in [1.807, 2.05) is 6.92 Å². The third-order valence-corrected chi connectivity index (χ3v) is 4.62. The summed E-state index contributed by atoms with van der Waals surface area (Å²) in [5.41, 5.74) is 0.204. The van der Waals surface area contributed by atoms with E-state index in [1.165, 1.54) is 12.3 Å². The third-order valence-electron chi connectivity index (χ3n) is 3.30. The highest BCUT2D eigenvalue weighted by Gasteiger charge is 2.23. The zero-order valence-corrected chi connectivity index (χ0v) is 13.3. The molecule has 0 amide bonds. The summed E-state index contributed by atoms with van der Waals surface area (Å²) in [5.74, 6) is -0.332. The fraction of sp³-hybridized carbons (Fsp3) is 0.615. The summed E-state index contributed by atoms with van der Waals surface area (Å²) in [5, 5.41) is 0. The van der Waals surface area contributed by atoms with Gasteiger partial charge < -0.3 is 14.0 Å². The van der Waals surface area contributed by atoms with E-state index in [1.54, 1.807) is 4.57 Å². The molecule has 1 aliphatic heterocycles. The van der Waals surface area contributed by atoms with Crippen LogP contribution in [-0.2, 0) is 25.1 Å². The highest BCUT2D eigenvalue weighted by atomic mass is 35.7. The van der Waals surface area contributed by atoms with Crippen LogP contribution in [0.3, 0.4) is 0 Å². The van der Waals surface area contributed by atoms with Crippen molar-refractivity contribution >= 4 is 25.7 Å². The van der Waals surface area contributed by atoms with Crippen LogP contribution in [0.1, 0.15) is 30.3 Å². The minimum absolute atomic E-state index is 0.0891. The van der Waals surface area contributed by atoms with Crippen molar-refractivity contribution in [3.63, 3.8) is 0 Å². The fourth-order valence-electron chi connectivity index (χ4n) is 2.20. The predicted octanol–water partition coefficient (Wildman–Crippen LogP) is 2.02. The number of esters is 1. The van der Waals surface area contributed by atoms with Gasteiger partial charge in [0.25, 0.3) is 9.05 Å². The smallest absolute Gasteiger partial charge is 0.354 e. The molecule has 1 saturated heterocycles. The molecule has 6 nitrogen and oxygen atoms in total. The van der Waals surface area contributed by atoms with Crippen molar-refractivity contribution in [2.75, 3.05) is 19.8 Å². The zero-order chi connectivity index (χ0) is 15.5. The lowest BCUT2D eigenvalue weighted by molar-refractivity contribution is 0.0415. The molecule has 1 fully saturated rings. The SMILES string of the molecule is CCCn1cc(S(=O)(=O)Cl)cc1C(=O)OCC1CCOC1. The van der Waals surface area contributed by atoms with E-state index in [-0.39, 0.29) is 23.1 Å². The van der Waals surface area contributed by atoms with Crippen molar-refractivity contribution in [3.8, 4) is 0 Å². The van der Waals surface area contributed by atoms with E-state index in [0.717, 1.165) is 12.8 Å². The number of ether oxygens (including phenoxy) is 2. The van der Waals surface area contributed by atoms with Crippen molar-refractivity contribution < 1.29 is 22.7 Å². The van der Waals surface area contributed by atoms with Crippen molar-refractivity contribution in [1.29, 1.82) is 0 Å². The molecule has 2 heterocycles. The maximum absolute atomic E-state index is 12.1. The van der Waals surface area contributed by atoms with Gasteiger partial charge in [-0.25, -0.2) is 13.2 Å². The summed E-state index contributed by atoms with van der Waals surface area (Å²) in [6, 6.07) is 1.26. The Hall–Kier alpha value is -1.05. The number of nitrogens with zero attached hydrogens (tertiary/aromatic N) is 1. The second-order valence-electron chi connectivity index (χ2n) is 5.02. The monoisotopic (exact) mass is 335 g/mol. The van der Waals surface area contributed by atoms with Gasteiger partial charge in [0.15, 0.2) is 0 Å². The van der Waals surface area contributed by atoms with Gasteiger partial charge in [-0.3, -0.25) is 0 Å². The largest absolute Gasteiger partial charge is 0.461 e. The molecule has 0 bridgehead atoms. The molecular weight excluding hydrogens is 318 g/mol. The number of halogens is 1. The lowest BCUT2D eigenvalue weighted by atomic mass is 10.1. The number of rotatable bonds is 6. The average molecular weight is 336 g/mol. The number of hydrogen-bond acceptors (Lipinski definition) is 5. The first-order valence-corrected chi connectivity index (χ1v) is 9.12. The maximum atomic E-state index is 12.1. The number of carbonyl (C=O) groups is 1. The van der Waals surface area contributed by atoms with E-state index >= 15 is 0 Å². The lowest BCUT2D eigenvalue weighted by Gasteiger charge is -2.10. The summed E-state index contributed by atoms with van der Waals surface area (Å²) in [4.78, 5) is 12.0. The average Bonchev–Trinajstić information content (AvgIpc) is 3.04. The molecule has 118 valence electrons.